The van der Waals surface area contributed by atoms with E-state index in [0.717, 1.165) is 58.2 Å². The molecule has 1 aromatic carbocycles. The molecule has 1 aliphatic rings. The molecule has 1 aromatic heterocycles. The average Bonchev–Trinajstić information content (AvgIpc) is 3.17. The Labute approximate surface area is 150 Å². The third-order valence-electron chi connectivity index (χ3n) is 4.54. The van der Waals surface area contributed by atoms with Gasteiger partial charge in [-0.1, -0.05) is 30.3 Å². The molecule has 6 nitrogen and oxygen atoms in total. The first-order valence-electron chi connectivity index (χ1n) is 9.04. The standard InChI is InChI=1S/C19H28N6/c1-20-19(21-9-5-11-25-12-6-10-22-25)24-15-13-23(14-16-24)17-18-7-3-2-4-8-18/h2-4,6-8,10,12H,5,9,11,13-17H2,1H3,(H,20,21). The second-order valence-electron chi connectivity index (χ2n) is 6.35. The fourth-order valence-electron chi connectivity index (χ4n) is 3.17. The molecule has 0 spiro atoms. The monoisotopic (exact) mass is 340 g/mol. The molecule has 0 aliphatic carbocycles. The van der Waals surface area contributed by atoms with E-state index in [9.17, 15) is 0 Å². The molecule has 0 saturated carbocycles. The van der Waals surface area contributed by atoms with E-state index in [-0.39, 0.29) is 0 Å². The normalized spacial score (nSPS) is 16.2. The van der Waals surface area contributed by atoms with Gasteiger partial charge in [0.15, 0.2) is 5.96 Å². The zero-order valence-electron chi connectivity index (χ0n) is 15.0. The van der Waals surface area contributed by atoms with Crippen molar-refractivity contribution in [1.82, 2.24) is 24.9 Å². The van der Waals surface area contributed by atoms with Crippen LogP contribution in [-0.4, -0.2) is 65.3 Å². The first-order valence-corrected chi connectivity index (χ1v) is 9.04. The third kappa shape index (κ3) is 5.32. The van der Waals surface area contributed by atoms with Crippen LogP contribution in [-0.2, 0) is 13.1 Å². The van der Waals surface area contributed by atoms with Crippen molar-refractivity contribution in [2.45, 2.75) is 19.5 Å². The number of piperazine rings is 1. The molecule has 0 bridgehead atoms. The molecule has 6 heteroatoms. The smallest absolute Gasteiger partial charge is 0.193 e. The molecule has 1 saturated heterocycles. The fourth-order valence-corrected chi connectivity index (χ4v) is 3.17. The number of aryl methyl sites for hydroxylation is 1. The van der Waals surface area contributed by atoms with Crippen LogP contribution in [0.4, 0.5) is 0 Å². The van der Waals surface area contributed by atoms with Gasteiger partial charge in [0.05, 0.1) is 0 Å². The van der Waals surface area contributed by atoms with Gasteiger partial charge in [-0.15, -0.1) is 0 Å². The Bertz CT molecular complexity index is 629. The lowest BCUT2D eigenvalue weighted by molar-refractivity contribution is 0.172. The number of rotatable bonds is 6. The van der Waals surface area contributed by atoms with Crippen molar-refractivity contribution in [2.75, 3.05) is 39.8 Å². The van der Waals surface area contributed by atoms with Crippen LogP contribution in [0, 0.1) is 0 Å². The lowest BCUT2D eigenvalue weighted by Crippen LogP contribution is -2.52. The lowest BCUT2D eigenvalue weighted by Gasteiger charge is -2.36. The van der Waals surface area contributed by atoms with Crippen molar-refractivity contribution < 1.29 is 0 Å². The van der Waals surface area contributed by atoms with Gasteiger partial charge >= 0.3 is 0 Å². The van der Waals surface area contributed by atoms with Crippen LogP contribution in [0.3, 0.4) is 0 Å². The third-order valence-corrected chi connectivity index (χ3v) is 4.54. The van der Waals surface area contributed by atoms with Crippen molar-refractivity contribution in [3.8, 4) is 0 Å². The van der Waals surface area contributed by atoms with Gasteiger partial charge in [0.1, 0.15) is 0 Å². The Balaban J connectivity index is 1.38. The van der Waals surface area contributed by atoms with Gasteiger partial charge in [-0.05, 0) is 18.1 Å². The quantitative estimate of drug-likeness (QED) is 0.494. The maximum atomic E-state index is 4.45. The molecule has 1 fully saturated rings. The van der Waals surface area contributed by atoms with Crippen molar-refractivity contribution >= 4 is 5.96 Å². The number of benzene rings is 1. The van der Waals surface area contributed by atoms with Crippen LogP contribution in [0.1, 0.15) is 12.0 Å². The molecule has 2 heterocycles. The summed E-state index contributed by atoms with van der Waals surface area (Å²) >= 11 is 0. The van der Waals surface area contributed by atoms with Crippen molar-refractivity contribution in [1.29, 1.82) is 0 Å². The van der Waals surface area contributed by atoms with E-state index in [1.54, 1.807) is 0 Å². The van der Waals surface area contributed by atoms with E-state index in [1.165, 1.54) is 5.56 Å². The molecule has 25 heavy (non-hydrogen) atoms. The van der Waals surface area contributed by atoms with Crippen LogP contribution in [0.15, 0.2) is 53.8 Å². The number of nitrogens with one attached hydrogen (secondary N) is 1. The van der Waals surface area contributed by atoms with Gasteiger partial charge in [-0.3, -0.25) is 14.6 Å². The van der Waals surface area contributed by atoms with Crippen LogP contribution >= 0.6 is 0 Å². The molecule has 134 valence electrons. The Morgan fingerprint density at radius 3 is 2.60 bits per heavy atom. The molecule has 3 rings (SSSR count). The first kappa shape index (κ1) is 17.5. The van der Waals surface area contributed by atoms with E-state index < -0.39 is 0 Å². The maximum Gasteiger partial charge on any atom is 0.193 e. The highest BCUT2D eigenvalue weighted by Crippen LogP contribution is 2.08. The summed E-state index contributed by atoms with van der Waals surface area (Å²) in [5.74, 6) is 1.01. The minimum atomic E-state index is 0.913. The summed E-state index contributed by atoms with van der Waals surface area (Å²) in [5, 5.41) is 7.71. The Kier molecular flexibility index (Phi) is 6.45. The van der Waals surface area contributed by atoms with Crippen LogP contribution in [0.5, 0.6) is 0 Å². The second kappa shape index (κ2) is 9.22. The summed E-state index contributed by atoms with van der Waals surface area (Å²) in [6.07, 6.45) is 4.86. The highest BCUT2D eigenvalue weighted by molar-refractivity contribution is 5.79. The van der Waals surface area contributed by atoms with E-state index in [4.69, 9.17) is 0 Å². The number of hydrogen-bond acceptors (Lipinski definition) is 3. The molecule has 0 unspecified atom stereocenters. The predicted octanol–water partition coefficient (Wildman–Crippen LogP) is 1.67. The van der Waals surface area contributed by atoms with E-state index in [0.29, 0.717) is 0 Å². The molecule has 0 atom stereocenters. The second-order valence-corrected chi connectivity index (χ2v) is 6.35. The summed E-state index contributed by atoms with van der Waals surface area (Å²) < 4.78 is 1.97. The van der Waals surface area contributed by atoms with Gasteiger partial charge in [-0.2, -0.15) is 5.10 Å². The van der Waals surface area contributed by atoms with Crippen molar-refractivity contribution in [3.05, 3.63) is 54.4 Å². The fraction of sp³-hybridized carbons (Fsp3) is 0.474. The number of hydrogen-bond donors (Lipinski definition) is 1. The largest absolute Gasteiger partial charge is 0.356 e. The van der Waals surface area contributed by atoms with E-state index >= 15 is 0 Å². The average molecular weight is 340 g/mol. The van der Waals surface area contributed by atoms with Crippen LogP contribution in [0.25, 0.3) is 0 Å². The maximum absolute atomic E-state index is 4.45. The summed E-state index contributed by atoms with van der Waals surface area (Å²) in [5.41, 5.74) is 1.39. The molecule has 1 aliphatic heterocycles. The summed E-state index contributed by atoms with van der Waals surface area (Å²) in [6, 6.07) is 12.7. The topological polar surface area (TPSA) is 48.7 Å². The minimum absolute atomic E-state index is 0.913. The van der Waals surface area contributed by atoms with Gasteiger partial charge in [0, 0.05) is 65.3 Å². The number of aromatic nitrogens is 2. The van der Waals surface area contributed by atoms with Gasteiger partial charge in [0.2, 0.25) is 0 Å². The van der Waals surface area contributed by atoms with Crippen molar-refractivity contribution in [3.63, 3.8) is 0 Å². The SMILES string of the molecule is CN=C(NCCCn1cccn1)N1CCN(Cc2ccccc2)CC1. The Hall–Kier alpha value is -2.34. The molecule has 0 radical (unpaired) electrons. The van der Waals surface area contributed by atoms with E-state index in [2.05, 4.69) is 55.5 Å². The highest BCUT2D eigenvalue weighted by atomic mass is 15.3. The summed E-state index contributed by atoms with van der Waals surface area (Å²) in [7, 11) is 1.87. The molecule has 1 N–H and O–H groups in total. The van der Waals surface area contributed by atoms with Gasteiger partial charge in [0.25, 0.3) is 0 Å². The lowest BCUT2D eigenvalue weighted by atomic mass is 10.2. The molecular formula is C19H28N6. The number of aliphatic imine (C=N–C) groups is 1. The Morgan fingerprint density at radius 2 is 1.92 bits per heavy atom. The Morgan fingerprint density at radius 1 is 1.12 bits per heavy atom. The van der Waals surface area contributed by atoms with Crippen molar-refractivity contribution in [2.24, 2.45) is 4.99 Å². The van der Waals surface area contributed by atoms with Gasteiger partial charge in [-0.25, -0.2) is 0 Å². The van der Waals surface area contributed by atoms with E-state index in [1.807, 2.05) is 30.2 Å². The van der Waals surface area contributed by atoms with Crippen LogP contribution < -0.4 is 5.32 Å². The summed E-state index contributed by atoms with van der Waals surface area (Å²) in [6.45, 7) is 7.06. The number of guanidine groups is 1. The highest BCUT2D eigenvalue weighted by Gasteiger charge is 2.19. The predicted molar refractivity (Wildman–Crippen MR) is 101 cm³/mol. The molecule has 2 aromatic rings. The zero-order valence-corrected chi connectivity index (χ0v) is 15.0. The van der Waals surface area contributed by atoms with Gasteiger partial charge < -0.3 is 10.2 Å². The molecule has 0 amide bonds. The summed E-state index contributed by atoms with van der Waals surface area (Å²) in [4.78, 5) is 9.31. The first-order chi connectivity index (χ1) is 12.3. The minimum Gasteiger partial charge on any atom is -0.356 e. The molecular weight excluding hydrogens is 312 g/mol. The zero-order chi connectivity index (χ0) is 17.3. The number of nitrogens with zero attached hydrogens (tertiary/aromatic N) is 5. The van der Waals surface area contributed by atoms with Crippen LogP contribution in [0.2, 0.25) is 0 Å².